The van der Waals surface area contributed by atoms with Crippen molar-refractivity contribution in [2.24, 2.45) is 5.92 Å². The first-order valence-electron chi connectivity index (χ1n) is 5.81. The van der Waals surface area contributed by atoms with E-state index in [4.69, 9.17) is 0 Å². The Bertz CT molecular complexity index is 358. The predicted molar refractivity (Wildman–Crippen MR) is 67.5 cm³/mol. The van der Waals surface area contributed by atoms with E-state index in [-0.39, 0.29) is 11.8 Å². The first kappa shape index (κ1) is 12.9. The summed E-state index contributed by atoms with van der Waals surface area (Å²) in [5, 5.41) is 3.08. The fourth-order valence-electron chi connectivity index (χ4n) is 2.02. The lowest BCUT2D eigenvalue weighted by Crippen LogP contribution is -2.24. The van der Waals surface area contributed by atoms with Crippen LogP contribution in [0.3, 0.4) is 0 Å². The van der Waals surface area contributed by atoms with Gasteiger partial charge in [-0.25, -0.2) is 0 Å². The van der Waals surface area contributed by atoms with Gasteiger partial charge in [-0.15, -0.1) is 0 Å². The van der Waals surface area contributed by atoms with Gasteiger partial charge in [0.15, 0.2) is 5.78 Å². The number of hydrogen-bond donors (Lipinski definition) is 1. The topological polar surface area (TPSA) is 29.1 Å². The van der Waals surface area contributed by atoms with Gasteiger partial charge in [0.2, 0.25) is 0 Å². The minimum atomic E-state index is -0.171. The molecule has 1 N–H and O–H groups in total. The number of Topliss-reactive ketones (excluding diaryl/α,β-unsaturated/α-hetero) is 1. The summed E-state index contributed by atoms with van der Waals surface area (Å²) < 4.78 is 0. The molecule has 88 valence electrons. The van der Waals surface area contributed by atoms with Crippen molar-refractivity contribution in [3.05, 3.63) is 35.4 Å². The summed E-state index contributed by atoms with van der Waals surface area (Å²) in [6.45, 7) is 6.02. The fourth-order valence-corrected chi connectivity index (χ4v) is 2.02. The highest BCUT2D eigenvalue weighted by molar-refractivity contribution is 5.83. The van der Waals surface area contributed by atoms with Crippen molar-refractivity contribution in [1.29, 1.82) is 0 Å². The van der Waals surface area contributed by atoms with Gasteiger partial charge < -0.3 is 5.32 Å². The van der Waals surface area contributed by atoms with E-state index in [1.165, 1.54) is 5.56 Å². The molecule has 2 nitrogen and oxygen atoms in total. The van der Waals surface area contributed by atoms with Crippen LogP contribution >= 0.6 is 0 Å². The summed E-state index contributed by atoms with van der Waals surface area (Å²) in [6, 6.07) is 8.01. The SMILES string of the molecule is CNC(C(C)=O)c1ccccc1CC(C)C. The van der Waals surface area contributed by atoms with Crippen LogP contribution in [0.4, 0.5) is 0 Å². The van der Waals surface area contributed by atoms with Gasteiger partial charge in [-0.3, -0.25) is 4.79 Å². The van der Waals surface area contributed by atoms with E-state index in [1.807, 2.05) is 25.2 Å². The van der Waals surface area contributed by atoms with Crippen LogP contribution in [0.1, 0.15) is 37.9 Å². The largest absolute Gasteiger partial charge is 0.307 e. The number of rotatable bonds is 5. The number of ketones is 1. The van der Waals surface area contributed by atoms with Gasteiger partial charge in [-0.05, 0) is 37.4 Å². The summed E-state index contributed by atoms with van der Waals surface area (Å²) in [5.74, 6) is 0.768. The van der Waals surface area contributed by atoms with E-state index in [2.05, 4.69) is 25.2 Å². The van der Waals surface area contributed by atoms with Gasteiger partial charge in [0.25, 0.3) is 0 Å². The number of hydrogen-bond acceptors (Lipinski definition) is 2. The van der Waals surface area contributed by atoms with Crippen LogP contribution in [0.15, 0.2) is 24.3 Å². The molecule has 0 aliphatic carbocycles. The number of carbonyl (C=O) groups excluding carboxylic acids is 1. The second kappa shape index (κ2) is 5.80. The summed E-state index contributed by atoms with van der Waals surface area (Å²) in [5.41, 5.74) is 2.39. The normalized spacial score (nSPS) is 12.8. The average molecular weight is 219 g/mol. The summed E-state index contributed by atoms with van der Waals surface area (Å²) in [4.78, 5) is 11.6. The van der Waals surface area contributed by atoms with Crippen molar-refractivity contribution in [2.75, 3.05) is 7.05 Å². The zero-order chi connectivity index (χ0) is 12.1. The first-order chi connectivity index (χ1) is 7.56. The van der Waals surface area contributed by atoms with Crippen molar-refractivity contribution >= 4 is 5.78 Å². The number of likely N-dealkylation sites (N-methyl/N-ethyl adjacent to an activating group) is 1. The van der Waals surface area contributed by atoms with Crippen LogP contribution < -0.4 is 5.32 Å². The molecule has 0 aromatic heterocycles. The van der Waals surface area contributed by atoms with Crippen LogP contribution in [0.25, 0.3) is 0 Å². The molecule has 1 rings (SSSR count). The Balaban J connectivity index is 3.05. The summed E-state index contributed by atoms with van der Waals surface area (Å²) in [7, 11) is 1.83. The van der Waals surface area contributed by atoms with Gasteiger partial charge >= 0.3 is 0 Å². The zero-order valence-electron chi connectivity index (χ0n) is 10.6. The molecule has 16 heavy (non-hydrogen) atoms. The molecule has 0 aliphatic heterocycles. The number of benzene rings is 1. The molecule has 0 saturated carbocycles. The van der Waals surface area contributed by atoms with E-state index in [9.17, 15) is 4.79 Å². The molecule has 1 unspecified atom stereocenters. The maximum absolute atomic E-state index is 11.6. The Kier molecular flexibility index (Phi) is 4.69. The van der Waals surface area contributed by atoms with Crippen molar-refractivity contribution < 1.29 is 4.79 Å². The Morgan fingerprint density at radius 2 is 1.94 bits per heavy atom. The van der Waals surface area contributed by atoms with Gasteiger partial charge in [0.1, 0.15) is 0 Å². The maximum Gasteiger partial charge on any atom is 0.151 e. The smallest absolute Gasteiger partial charge is 0.151 e. The van der Waals surface area contributed by atoms with Crippen LogP contribution in [0.2, 0.25) is 0 Å². The van der Waals surface area contributed by atoms with Crippen LogP contribution in [-0.4, -0.2) is 12.8 Å². The summed E-state index contributed by atoms with van der Waals surface area (Å²) in [6.07, 6.45) is 1.02. The second-order valence-electron chi connectivity index (χ2n) is 4.63. The lowest BCUT2D eigenvalue weighted by Gasteiger charge is -2.18. The molecule has 0 amide bonds. The molecule has 0 bridgehead atoms. The first-order valence-corrected chi connectivity index (χ1v) is 5.81. The molecular formula is C14H21NO. The van der Waals surface area contributed by atoms with Gasteiger partial charge in [0, 0.05) is 0 Å². The molecule has 0 fully saturated rings. The Labute approximate surface area is 98.1 Å². The molecule has 2 heteroatoms. The molecule has 1 aromatic carbocycles. The van der Waals surface area contributed by atoms with Crippen LogP contribution in [0.5, 0.6) is 0 Å². The second-order valence-corrected chi connectivity index (χ2v) is 4.63. The molecule has 0 saturated heterocycles. The molecule has 0 radical (unpaired) electrons. The minimum absolute atomic E-state index is 0.165. The standard InChI is InChI=1S/C14H21NO/c1-10(2)9-12-7-5-6-8-13(12)14(15-4)11(3)16/h5-8,10,14-15H,9H2,1-4H3. The third-order valence-corrected chi connectivity index (χ3v) is 2.69. The third-order valence-electron chi connectivity index (χ3n) is 2.69. The number of carbonyl (C=O) groups is 1. The molecular weight excluding hydrogens is 198 g/mol. The van der Waals surface area contributed by atoms with E-state index >= 15 is 0 Å². The highest BCUT2D eigenvalue weighted by atomic mass is 16.1. The lowest BCUT2D eigenvalue weighted by atomic mass is 9.92. The quantitative estimate of drug-likeness (QED) is 0.825. The van der Waals surface area contributed by atoms with Crippen molar-refractivity contribution in [2.45, 2.75) is 33.2 Å². The van der Waals surface area contributed by atoms with E-state index in [0.29, 0.717) is 5.92 Å². The predicted octanol–water partition coefficient (Wildman–Crippen LogP) is 2.73. The molecule has 1 atom stereocenters. The lowest BCUT2D eigenvalue weighted by molar-refractivity contribution is -0.119. The van der Waals surface area contributed by atoms with Crippen molar-refractivity contribution in [3.63, 3.8) is 0 Å². The van der Waals surface area contributed by atoms with Crippen LogP contribution in [0, 0.1) is 5.92 Å². The Morgan fingerprint density at radius 3 is 2.44 bits per heavy atom. The molecule has 1 aromatic rings. The molecule has 0 spiro atoms. The monoisotopic (exact) mass is 219 g/mol. The average Bonchev–Trinajstić information content (AvgIpc) is 2.20. The molecule has 0 aliphatic rings. The van der Waals surface area contributed by atoms with E-state index < -0.39 is 0 Å². The van der Waals surface area contributed by atoms with Crippen molar-refractivity contribution in [3.8, 4) is 0 Å². The maximum atomic E-state index is 11.6. The Morgan fingerprint density at radius 1 is 1.31 bits per heavy atom. The van der Waals surface area contributed by atoms with E-state index in [1.54, 1.807) is 6.92 Å². The number of nitrogens with one attached hydrogen (secondary N) is 1. The molecule has 0 heterocycles. The minimum Gasteiger partial charge on any atom is -0.307 e. The van der Waals surface area contributed by atoms with Gasteiger partial charge in [-0.2, -0.15) is 0 Å². The highest BCUT2D eigenvalue weighted by Crippen LogP contribution is 2.21. The van der Waals surface area contributed by atoms with Crippen LogP contribution in [-0.2, 0) is 11.2 Å². The van der Waals surface area contributed by atoms with Gasteiger partial charge in [-0.1, -0.05) is 38.1 Å². The third kappa shape index (κ3) is 3.17. The highest BCUT2D eigenvalue weighted by Gasteiger charge is 2.17. The van der Waals surface area contributed by atoms with Gasteiger partial charge in [0.05, 0.1) is 6.04 Å². The Hall–Kier alpha value is -1.15. The summed E-state index contributed by atoms with van der Waals surface area (Å²) >= 11 is 0. The van der Waals surface area contributed by atoms with Crippen molar-refractivity contribution in [1.82, 2.24) is 5.32 Å². The zero-order valence-corrected chi connectivity index (χ0v) is 10.6. The van der Waals surface area contributed by atoms with E-state index in [0.717, 1.165) is 12.0 Å². The fraction of sp³-hybridized carbons (Fsp3) is 0.500.